The van der Waals surface area contributed by atoms with Gasteiger partial charge in [-0.15, -0.1) is 0 Å². The number of hydrogen-bond acceptors (Lipinski definition) is 10. The van der Waals surface area contributed by atoms with Gasteiger partial charge in [0.05, 0.1) is 28.9 Å². The molecule has 4 fully saturated rings. The maximum absolute atomic E-state index is 16.2. The molecular formula is C53H58ClF2N9O7. The van der Waals surface area contributed by atoms with E-state index in [0.717, 1.165) is 35.0 Å². The molecule has 4 N–H and O–H groups in total. The Kier molecular flexibility index (Phi) is 13.3. The summed E-state index contributed by atoms with van der Waals surface area (Å²) < 4.78 is 45.9. The Balaban J connectivity index is 0.746. The third kappa shape index (κ3) is 8.65. The summed E-state index contributed by atoms with van der Waals surface area (Å²) in [5.41, 5.74) is 7.26. The van der Waals surface area contributed by atoms with Crippen molar-refractivity contribution in [3.8, 4) is 22.6 Å². The number of primary amides is 1. The van der Waals surface area contributed by atoms with Crippen LogP contribution in [0.15, 0.2) is 66.7 Å². The molecule has 0 bridgehead atoms. The summed E-state index contributed by atoms with van der Waals surface area (Å²) >= 11 is 6.70. The number of ether oxygens (including phenoxy) is 2. The summed E-state index contributed by atoms with van der Waals surface area (Å²) in [6, 6.07) is 18.8. The van der Waals surface area contributed by atoms with Crippen LogP contribution in [0.2, 0.25) is 5.02 Å². The molecule has 5 heterocycles. The molecule has 1 saturated carbocycles. The van der Waals surface area contributed by atoms with E-state index in [9.17, 15) is 24.0 Å². The van der Waals surface area contributed by atoms with Gasteiger partial charge in [0, 0.05) is 118 Å². The lowest BCUT2D eigenvalue weighted by atomic mass is 9.77. The molecule has 10 rings (SSSR count). The van der Waals surface area contributed by atoms with Crippen LogP contribution in [0.25, 0.3) is 22.0 Å². The van der Waals surface area contributed by atoms with Gasteiger partial charge in [-0.05, 0) is 68.4 Å². The molecular weight excluding hydrogens is 948 g/mol. The Morgan fingerprint density at radius 1 is 0.875 bits per heavy atom. The molecule has 5 aliphatic rings. The number of piperidine rings is 1. The Morgan fingerprint density at radius 2 is 1.56 bits per heavy atom. The second kappa shape index (κ2) is 19.7. The van der Waals surface area contributed by atoms with Crippen molar-refractivity contribution in [3.63, 3.8) is 0 Å². The highest BCUT2D eigenvalue weighted by atomic mass is 35.5. The van der Waals surface area contributed by atoms with Crippen molar-refractivity contribution in [3.05, 3.63) is 100 Å². The number of para-hydroxylation sites is 1. The number of aryl methyl sites for hydroxylation is 1. The van der Waals surface area contributed by atoms with Crippen LogP contribution in [-0.4, -0.2) is 115 Å². The van der Waals surface area contributed by atoms with E-state index in [2.05, 4.69) is 20.6 Å². The molecule has 378 valence electrons. The fraction of sp³-hybridized carbons (Fsp3) is 0.434. The number of rotatable bonds is 11. The first-order valence-corrected chi connectivity index (χ1v) is 25.1. The summed E-state index contributed by atoms with van der Waals surface area (Å²) in [5.74, 6) is -3.02. The van der Waals surface area contributed by atoms with Crippen molar-refractivity contribution in [2.45, 2.75) is 69.4 Å². The van der Waals surface area contributed by atoms with Crippen molar-refractivity contribution >= 4 is 63.7 Å². The van der Waals surface area contributed by atoms with E-state index >= 15 is 8.78 Å². The van der Waals surface area contributed by atoms with Crippen LogP contribution in [0, 0.1) is 23.5 Å². The second-order valence-electron chi connectivity index (χ2n) is 19.6. The van der Waals surface area contributed by atoms with Gasteiger partial charge in [-0.1, -0.05) is 54.9 Å². The van der Waals surface area contributed by atoms with Crippen LogP contribution < -0.4 is 35.6 Å². The number of piperazine rings is 1. The highest BCUT2D eigenvalue weighted by Gasteiger charge is 2.50. The van der Waals surface area contributed by atoms with E-state index in [-0.39, 0.29) is 81.8 Å². The number of aromatic nitrogens is 2. The number of carbonyl (C=O) groups is 5. The maximum Gasteiger partial charge on any atom is 0.329 e. The summed E-state index contributed by atoms with van der Waals surface area (Å²) in [4.78, 5) is 72.7. The zero-order chi connectivity index (χ0) is 50.6. The lowest BCUT2D eigenvalue weighted by Gasteiger charge is -2.40. The lowest BCUT2D eigenvalue weighted by molar-refractivity contribution is -0.143. The number of likely N-dealkylation sites (tertiary alicyclic amines) is 1. The van der Waals surface area contributed by atoms with E-state index in [4.69, 9.17) is 26.8 Å². The molecule has 4 aliphatic heterocycles. The Bertz CT molecular complexity index is 2970. The normalized spacial score (nSPS) is 22.7. The number of methoxy groups -OCH3 is 1. The number of nitrogens with two attached hydrogens (primary N) is 1. The molecule has 3 saturated heterocycles. The van der Waals surface area contributed by atoms with Gasteiger partial charge in [0.1, 0.15) is 11.6 Å². The number of fused-ring (bicyclic) bond motifs is 2. The molecule has 4 aromatic carbocycles. The minimum Gasteiger partial charge on any atom is -0.494 e. The maximum atomic E-state index is 16.2. The summed E-state index contributed by atoms with van der Waals surface area (Å²) in [5, 5.41) is 11.2. The fourth-order valence-electron chi connectivity index (χ4n) is 11.8. The van der Waals surface area contributed by atoms with Crippen LogP contribution in [0.5, 0.6) is 11.5 Å². The zero-order valence-corrected chi connectivity index (χ0v) is 41.3. The van der Waals surface area contributed by atoms with Gasteiger partial charge in [0.25, 0.3) is 0 Å². The van der Waals surface area contributed by atoms with E-state index in [1.165, 1.54) is 30.2 Å². The Labute approximate surface area is 420 Å². The van der Waals surface area contributed by atoms with Crippen LogP contribution in [0.1, 0.15) is 79.3 Å². The minimum absolute atomic E-state index is 0.0205. The number of carbonyl (C=O) groups excluding carboxylic acids is 5. The van der Waals surface area contributed by atoms with Crippen LogP contribution in [0.3, 0.4) is 0 Å². The summed E-state index contributed by atoms with van der Waals surface area (Å²) in [6.07, 6.45) is 4.28. The number of anilines is 2. The first kappa shape index (κ1) is 48.8. The SMILES string of the molecule is COc1ccc(C(N)=O)c(-c2c(Cl)c(F)cc3c2C(C)C(CNC2CCC(C(=O)N4CCC(C(=O)N5CCN(c6cccc7c(N8CCC(=O)NC8=O)nn(C)c67)CC5)CC4)CC2)(c2ccccc2)O3)c1F. The molecule has 2 atom stereocenters. The third-order valence-electron chi connectivity index (χ3n) is 15.7. The van der Waals surface area contributed by atoms with Crippen LogP contribution in [-0.2, 0) is 27.0 Å². The van der Waals surface area contributed by atoms with Gasteiger partial charge in [0.2, 0.25) is 23.6 Å². The van der Waals surface area contributed by atoms with Gasteiger partial charge in [-0.3, -0.25) is 34.1 Å². The predicted molar refractivity (Wildman–Crippen MR) is 267 cm³/mol. The second-order valence-corrected chi connectivity index (χ2v) is 20.0. The molecule has 2 unspecified atom stereocenters. The summed E-state index contributed by atoms with van der Waals surface area (Å²) in [7, 11) is 3.14. The van der Waals surface area contributed by atoms with Crippen LogP contribution >= 0.6 is 11.6 Å². The van der Waals surface area contributed by atoms with Crippen molar-refractivity contribution in [2.75, 3.05) is 69.3 Å². The van der Waals surface area contributed by atoms with Crippen molar-refractivity contribution < 1.29 is 42.2 Å². The number of nitrogens with zero attached hydrogens (tertiary/aromatic N) is 6. The summed E-state index contributed by atoms with van der Waals surface area (Å²) in [6.45, 7) is 5.92. The van der Waals surface area contributed by atoms with E-state index in [1.54, 1.807) is 4.68 Å². The Hall–Kier alpha value is -6.79. The number of imide groups is 1. The molecule has 1 aromatic heterocycles. The Morgan fingerprint density at radius 3 is 2.22 bits per heavy atom. The number of benzene rings is 4. The third-order valence-corrected chi connectivity index (χ3v) is 16.1. The van der Waals surface area contributed by atoms with Crippen molar-refractivity contribution in [2.24, 2.45) is 24.6 Å². The minimum atomic E-state index is -1.10. The largest absolute Gasteiger partial charge is 0.494 e. The standard InChI is InChI=1S/C53H58ClF2N9O7/c1-30-42-40(28-37(55)45(54)44(42)43-35(48(57)67)16-17-39(71-3)46(43)56)72-53(30,33-8-5-4-6-9-33)29-58-34-14-12-31(13-15-34)50(68)63-21-18-32(19-22-63)51(69)64-26-24-62(25-27-64)38-11-7-10-36-47(38)61(2)60-49(36)65-23-20-41(66)59-52(65)70/h4-11,16-17,28,30-32,34,58H,12-15,18-27,29H2,1-3H3,(H2,57,67)(H,59,66,70). The molecule has 0 radical (unpaired) electrons. The quantitative estimate of drug-likeness (QED) is 0.126. The number of halogens is 3. The first-order chi connectivity index (χ1) is 34.7. The monoisotopic (exact) mass is 1010 g/mol. The number of nitrogens with one attached hydrogen (secondary N) is 2. The highest BCUT2D eigenvalue weighted by molar-refractivity contribution is 6.34. The molecule has 72 heavy (non-hydrogen) atoms. The highest BCUT2D eigenvalue weighted by Crippen LogP contribution is 2.56. The topological polar surface area (TPSA) is 185 Å². The van der Waals surface area contributed by atoms with Gasteiger partial charge < -0.3 is 35.2 Å². The van der Waals surface area contributed by atoms with E-state index in [1.807, 2.05) is 72.3 Å². The van der Waals surface area contributed by atoms with Gasteiger partial charge in [-0.2, -0.15) is 5.10 Å². The lowest BCUT2D eigenvalue weighted by Crippen LogP contribution is -2.52. The van der Waals surface area contributed by atoms with E-state index < -0.39 is 35.1 Å². The molecule has 1 aliphatic carbocycles. The predicted octanol–water partition coefficient (Wildman–Crippen LogP) is 6.85. The first-order valence-electron chi connectivity index (χ1n) is 24.7. The van der Waals surface area contributed by atoms with E-state index in [0.29, 0.717) is 82.9 Å². The zero-order valence-electron chi connectivity index (χ0n) is 40.5. The van der Waals surface area contributed by atoms with Crippen molar-refractivity contribution in [1.82, 2.24) is 30.2 Å². The average Bonchev–Trinajstić information content (AvgIpc) is 3.88. The fourth-order valence-corrected chi connectivity index (χ4v) is 12.0. The van der Waals surface area contributed by atoms with Gasteiger partial charge in [-0.25, -0.2) is 13.6 Å². The molecule has 16 nitrogen and oxygen atoms in total. The molecule has 6 amide bonds. The van der Waals surface area contributed by atoms with Crippen molar-refractivity contribution in [1.29, 1.82) is 0 Å². The van der Waals surface area contributed by atoms with Crippen LogP contribution in [0.4, 0.5) is 25.1 Å². The van der Waals surface area contributed by atoms with Gasteiger partial charge in [0.15, 0.2) is 23.0 Å². The smallest absolute Gasteiger partial charge is 0.329 e. The average molecular weight is 1010 g/mol. The molecule has 0 spiro atoms. The number of hydrogen-bond donors (Lipinski definition) is 3. The number of amides is 6. The van der Waals surface area contributed by atoms with Gasteiger partial charge >= 0.3 is 6.03 Å². The number of urea groups is 1. The molecule has 5 aromatic rings. The molecule has 19 heteroatoms.